The summed E-state index contributed by atoms with van der Waals surface area (Å²) in [6.45, 7) is 0.898. The lowest BCUT2D eigenvalue weighted by Crippen LogP contribution is -2.38. The van der Waals surface area contributed by atoms with Gasteiger partial charge in [-0.05, 0) is 32.4 Å². The van der Waals surface area contributed by atoms with Crippen LogP contribution < -0.4 is 14.8 Å². The molecule has 0 amide bonds. The van der Waals surface area contributed by atoms with Gasteiger partial charge in [0.1, 0.15) is 0 Å². The lowest BCUT2D eigenvalue weighted by Gasteiger charge is -2.35. The predicted molar refractivity (Wildman–Crippen MR) is 70.7 cm³/mol. The van der Waals surface area contributed by atoms with E-state index in [-0.39, 0.29) is 23.3 Å². The van der Waals surface area contributed by atoms with E-state index in [4.69, 9.17) is 9.47 Å². The van der Waals surface area contributed by atoms with Crippen LogP contribution in [0.3, 0.4) is 0 Å². The highest BCUT2D eigenvalue weighted by atomic mass is 19.1. The van der Waals surface area contributed by atoms with Crippen LogP contribution in [0, 0.1) is 21.8 Å². The summed E-state index contributed by atoms with van der Waals surface area (Å²) in [5.74, 6) is -0.252. The number of hydrogen-bond donors (Lipinski definition) is 1. The number of nitro groups is 1. The second-order valence-corrected chi connectivity index (χ2v) is 4.85. The minimum atomic E-state index is -0.770. The molecule has 0 atom stereocenters. The molecule has 0 radical (unpaired) electrons. The Balaban J connectivity index is 2.12. The van der Waals surface area contributed by atoms with E-state index in [1.165, 1.54) is 13.2 Å². The van der Waals surface area contributed by atoms with Gasteiger partial charge >= 0.3 is 5.69 Å². The Morgan fingerprint density at radius 2 is 2.15 bits per heavy atom. The molecule has 0 unspecified atom stereocenters. The molecule has 0 saturated heterocycles. The van der Waals surface area contributed by atoms with E-state index >= 15 is 0 Å². The first-order chi connectivity index (χ1) is 9.55. The van der Waals surface area contributed by atoms with Crippen LogP contribution in [-0.4, -0.2) is 31.7 Å². The van der Waals surface area contributed by atoms with Crippen molar-refractivity contribution in [2.45, 2.75) is 18.9 Å². The third kappa shape index (κ3) is 2.98. The molecular formula is C13H17FN2O4. The molecule has 1 aliphatic carbocycles. The molecule has 1 saturated carbocycles. The molecule has 1 aromatic carbocycles. The van der Waals surface area contributed by atoms with Crippen molar-refractivity contribution >= 4 is 5.69 Å². The summed E-state index contributed by atoms with van der Waals surface area (Å²) in [4.78, 5) is 10.3. The third-order valence-electron chi connectivity index (χ3n) is 3.41. The molecule has 2 rings (SSSR count). The van der Waals surface area contributed by atoms with Crippen LogP contribution in [0.1, 0.15) is 12.8 Å². The van der Waals surface area contributed by atoms with E-state index in [9.17, 15) is 14.5 Å². The molecule has 20 heavy (non-hydrogen) atoms. The van der Waals surface area contributed by atoms with Gasteiger partial charge in [-0.2, -0.15) is 0 Å². The van der Waals surface area contributed by atoms with Crippen molar-refractivity contribution in [1.82, 2.24) is 5.32 Å². The maximum absolute atomic E-state index is 13.5. The second-order valence-electron chi connectivity index (χ2n) is 4.85. The van der Waals surface area contributed by atoms with Crippen LogP contribution >= 0.6 is 0 Å². The smallest absolute Gasteiger partial charge is 0.314 e. The number of hydrogen-bond acceptors (Lipinski definition) is 5. The SMILES string of the molecule is CNCC1CC(Oc2cc(OC)c(F)cc2[N+](=O)[O-])C1. The average molecular weight is 284 g/mol. The highest BCUT2D eigenvalue weighted by Gasteiger charge is 2.32. The number of rotatable bonds is 6. The monoisotopic (exact) mass is 284 g/mol. The largest absolute Gasteiger partial charge is 0.494 e. The number of methoxy groups -OCH3 is 1. The second kappa shape index (κ2) is 6.04. The minimum absolute atomic E-state index is 0.0566. The Hall–Kier alpha value is -1.89. The summed E-state index contributed by atoms with van der Waals surface area (Å²) in [5, 5.41) is 14.0. The summed E-state index contributed by atoms with van der Waals surface area (Å²) in [6, 6.07) is 2.07. The fraction of sp³-hybridized carbons (Fsp3) is 0.538. The van der Waals surface area contributed by atoms with Gasteiger partial charge in [-0.1, -0.05) is 0 Å². The predicted octanol–water partition coefficient (Wildman–Crippen LogP) is 2.12. The number of ether oxygens (including phenoxy) is 2. The Morgan fingerprint density at radius 1 is 1.45 bits per heavy atom. The van der Waals surface area contributed by atoms with E-state index in [0.717, 1.165) is 25.5 Å². The molecule has 0 aromatic heterocycles. The summed E-state index contributed by atoms with van der Waals surface area (Å²) < 4.78 is 23.9. The quantitative estimate of drug-likeness (QED) is 0.640. The maximum atomic E-state index is 13.5. The first kappa shape index (κ1) is 14.5. The van der Waals surface area contributed by atoms with Gasteiger partial charge in [0.05, 0.1) is 24.2 Å². The minimum Gasteiger partial charge on any atom is -0.494 e. The number of nitrogens with one attached hydrogen (secondary N) is 1. The normalized spacial score (nSPS) is 21.1. The van der Waals surface area contributed by atoms with Gasteiger partial charge in [-0.15, -0.1) is 0 Å². The van der Waals surface area contributed by atoms with E-state index < -0.39 is 10.7 Å². The molecular weight excluding hydrogens is 267 g/mol. The molecule has 1 N–H and O–H groups in total. The van der Waals surface area contributed by atoms with Gasteiger partial charge in [-0.3, -0.25) is 10.1 Å². The summed E-state index contributed by atoms with van der Waals surface area (Å²) in [6.07, 6.45) is 1.59. The third-order valence-corrected chi connectivity index (χ3v) is 3.41. The highest BCUT2D eigenvalue weighted by Crippen LogP contribution is 2.38. The summed E-state index contributed by atoms with van der Waals surface area (Å²) >= 11 is 0. The zero-order valence-corrected chi connectivity index (χ0v) is 11.4. The summed E-state index contributed by atoms with van der Waals surface area (Å²) in [7, 11) is 3.18. The van der Waals surface area contributed by atoms with Gasteiger partial charge < -0.3 is 14.8 Å². The van der Waals surface area contributed by atoms with Crippen molar-refractivity contribution in [3.63, 3.8) is 0 Å². The molecule has 1 aromatic rings. The average Bonchev–Trinajstić information content (AvgIpc) is 2.37. The van der Waals surface area contributed by atoms with E-state index in [1.807, 2.05) is 7.05 Å². The fourth-order valence-corrected chi connectivity index (χ4v) is 2.32. The van der Waals surface area contributed by atoms with Crippen LogP contribution in [0.15, 0.2) is 12.1 Å². The molecule has 1 aliphatic rings. The Bertz CT molecular complexity index is 503. The topological polar surface area (TPSA) is 73.6 Å². The lowest BCUT2D eigenvalue weighted by atomic mass is 9.82. The maximum Gasteiger partial charge on any atom is 0.314 e. The van der Waals surface area contributed by atoms with Crippen LogP contribution in [0.2, 0.25) is 0 Å². The standard InChI is InChI=1S/C13H17FN2O4/c1-15-7-8-3-9(4-8)20-13-6-12(19-2)10(14)5-11(13)16(17)18/h5-6,8-9,15H,3-4,7H2,1-2H3. The molecule has 0 spiro atoms. The van der Waals surface area contributed by atoms with Crippen molar-refractivity contribution in [2.75, 3.05) is 20.7 Å². The van der Waals surface area contributed by atoms with Crippen molar-refractivity contribution in [3.05, 3.63) is 28.1 Å². The Labute approximate surface area is 116 Å². The molecule has 7 heteroatoms. The molecule has 0 heterocycles. The molecule has 1 fully saturated rings. The first-order valence-corrected chi connectivity index (χ1v) is 6.38. The molecule has 0 aliphatic heterocycles. The van der Waals surface area contributed by atoms with E-state index in [2.05, 4.69) is 5.32 Å². The van der Waals surface area contributed by atoms with Gasteiger partial charge in [0.15, 0.2) is 11.6 Å². The first-order valence-electron chi connectivity index (χ1n) is 6.38. The fourth-order valence-electron chi connectivity index (χ4n) is 2.32. The molecule has 110 valence electrons. The zero-order chi connectivity index (χ0) is 14.7. The van der Waals surface area contributed by atoms with Crippen molar-refractivity contribution in [1.29, 1.82) is 0 Å². The number of nitrogens with zero attached hydrogens (tertiary/aromatic N) is 1. The lowest BCUT2D eigenvalue weighted by molar-refractivity contribution is -0.386. The van der Waals surface area contributed by atoms with Gasteiger partial charge in [0.2, 0.25) is 5.75 Å². The number of halogens is 1. The van der Waals surface area contributed by atoms with Crippen LogP contribution in [0.4, 0.5) is 10.1 Å². The van der Waals surface area contributed by atoms with Gasteiger partial charge in [0, 0.05) is 6.07 Å². The van der Waals surface area contributed by atoms with Gasteiger partial charge in [0.25, 0.3) is 0 Å². The van der Waals surface area contributed by atoms with E-state index in [0.29, 0.717) is 5.92 Å². The van der Waals surface area contributed by atoms with Crippen LogP contribution in [-0.2, 0) is 0 Å². The Kier molecular flexibility index (Phi) is 4.39. The molecule has 0 bridgehead atoms. The highest BCUT2D eigenvalue weighted by molar-refractivity contribution is 5.51. The zero-order valence-electron chi connectivity index (χ0n) is 11.4. The van der Waals surface area contributed by atoms with Gasteiger partial charge in [-0.25, -0.2) is 4.39 Å². The Morgan fingerprint density at radius 3 is 2.70 bits per heavy atom. The van der Waals surface area contributed by atoms with Crippen molar-refractivity contribution in [3.8, 4) is 11.5 Å². The van der Waals surface area contributed by atoms with E-state index in [1.54, 1.807) is 0 Å². The summed E-state index contributed by atoms with van der Waals surface area (Å²) in [5.41, 5.74) is -0.375. The van der Waals surface area contributed by atoms with Crippen LogP contribution in [0.25, 0.3) is 0 Å². The number of nitro benzene ring substituents is 1. The van der Waals surface area contributed by atoms with Crippen molar-refractivity contribution in [2.24, 2.45) is 5.92 Å². The number of benzene rings is 1. The van der Waals surface area contributed by atoms with Crippen molar-refractivity contribution < 1.29 is 18.8 Å². The molecule has 6 nitrogen and oxygen atoms in total. The van der Waals surface area contributed by atoms with Crippen LogP contribution in [0.5, 0.6) is 11.5 Å².